The molecule has 0 amide bonds. The molecular formula is C21H17ClFN3O2S. The van der Waals surface area contributed by atoms with Crippen LogP contribution >= 0.6 is 22.9 Å². The van der Waals surface area contributed by atoms with Gasteiger partial charge in [-0.05, 0) is 43.5 Å². The topological polar surface area (TPSA) is 65.8 Å². The molecule has 1 N–H and O–H groups in total. The number of aromatic carboxylic acids is 1. The molecule has 29 heavy (non-hydrogen) atoms. The third kappa shape index (κ3) is 4.16. The Balaban J connectivity index is 1.66. The maximum absolute atomic E-state index is 13.4. The first kappa shape index (κ1) is 19.5. The number of halogens is 2. The number of benzene rings is 2. The molecule has 4 rings (SSSR count). The van der Waals surface area contributed by atoms with Crippen molar-refractivity contribution < 1.29 is 14.3 Å². The van der Waals surface area contributed by atoms with Crippen molar-refractivity contribution >= 4 is 40.3 Å². The molecule has 3 aromatic rings. The lowest BCUT2D eigenvalue weighted by molar-refractivity contribution is 0.0696. The van der Waals surface area contributed by atoms with E-state index in [-0.39, 0.29) is 11.6 Å². The van der Waals surface area contributed by atoms with Gasteiger partial charge in [0.25, 0.3) is 0 Å². The summed E-state index contributed by atoms with van der Waals surface area (Å²) in [6.45, 7) is 0. The summed E-state index contributed by atoms with van der Waals surface area (Å²) in [5.74, 6) is -1.80. The van der Waals surface area contributed by atoms with E-state index in [1.807, 2.05) is 34.7 Å². The standard InChI is InChI=1S/C21H17ClFN3O2S/c22-18-7-2-1-6-16(18)19-12-29-21(25-19)26(15-4-3-5-15)24-11-13-8-9-14(23)10-17(13)20(27)28/h1-2,6-12,15H,3-5H2,(H,27,28). The predicted octanol–water partition coefficient (Wildman–Crippen LogP) is 5.69. The summed E-state index contributed by atoms with van der Waals surface area (Å²) >= 11 is 7.74. The van der Waals surface area contributed by atoms with Gasteiger partial charge in [0.1, 0.15) is 5.82 Å². The van der Waals surface area contributed by atoms with Crippen LogP contribution in [0.5, 0.6) is 0 Å². The fourth-order valence-electron chi connectivity index (χ4n) is 3.04. The minimum Gasteiger partial charge on any atom is -0.478 e. The van der Waals surface area contributed by atoms with E-state index < -0.39 is 11.8 Å². The molecule has 0 bridgehead atoms. The van der Waals surface area contributed by atoms with Crippen LogP contribution in [0.25, 0.3) is 11.3 Å². The van der Waals surface area contributed by atoms with E-state index in [0.717, 1.165) is 36.6 Å². The van der Waals surface area contributed by atoms with Gasteiger partial charge in [0.15, 0.2) is 0 Å². The molecule has 2 aromatic carbocycles. The molecule has 1 aromatic heterocycles. The average molecular weight is 430 g/mol. The van der Waals surface area contributed by atoms with Crippen LogP contribution in [0.1, 0.15) is 35.2 Å². The van der Waals surface area contributed by atoms with E-state index in [4.69, 9.17) is 16.6 Å². The van der Waals surface area contributed by atoms with Crippen LogP contribution in [0.3, 0.4) is 0 Å². The van der Waals surface area contributed by atoms with Gasteiger partial charge >= 0.3 is 5.97 Å². The predicted molar refractivity (Wildman–Crippen MR) is 114 cm³/mol. The van der Waals surface area contributed by atoms with Crippen molar-refractivity contribution in [2.24, 2.45) is 5.10 Å². The van der Waals surface area contributed by atoms with Crippen molar-refractivity contribution in [1.29, 1.82) is 0 Å². The third-order valence-corrected chi connectivity index (χ3v) is 5.99. The van der Waals surface area contributed by atoms with Crippen LogP contribution in [0, 0.1) is 5.82 Å². The first-order chi connectivity index (χ1) is 14.0. The quantitative estimate of drug-likeness (QED) is 0.403. The molecule has 148 valence electrons. The Morgan fingerprint density at radius 3 is 2.79 bits per heavy atom. The second kappa shape index (κ2) is 8.31. The van der Waals surface area contributed by atoms with Crippen LogP contribution in [-0.4, -0.2) is 28.3 Å². The molecule has 8 heteroatoms. The lowest BCUT2D eigenvalue weighted by atomic mass is 9.93. The van der Waals surface area contributed by atoms with Gasteiger partial charge in [-0.1, -0.05) is 29.8 Å². The highest BCUT2D eigenvalue weighted by Crippen LogP contribution is 2.36. The van der Waals surface area contributed by atoms with Crippen LogP contribution < -0.4 is 5.01 Å². The third-order valence-electron chi connectivity index (χ3n) is 4.83. The summed E-state index contributed by atoms with van der Waals surface area (Å²) < 4.78 is 13.4. The zero-order valence-electron chi connectivity index (χ0n) is 15.3. The lowest BCUT2D eigenvalue weighted by Gasteiger charge is -2.33. The largest absolute Gasteiger partial charge is 0.478 e. The van der Waals surface area contributed by atoms with Crippen molar-refractivity contribution in [1.82, 2.24) is 4.98 Å². The summed E-state index contributed by atoms with van der Waals surface area (Å²) in [7, 11) is 0. The van der Waals surface area contributed by atoms with Crippen LogP contribution in [0.15, 0.2) is 52.9 Å². The Hall–Kier alpha value is -2.77. The molecule has 1 fully saturated rings. The zero-order chi connectivity index (χ0) is 20.4. The van der Waals surface area contributed by atoms with Crippen LogP contribution in [-0.2, 0) is 0 Å². The average Bonchev–Trinajstić information content (AvgIpc) is 3.14. The molecule has 1 heterocycles. The van der Waals surface area contributed by atoms with Crippen molar-refractivity contribution in [2.75, 3.05) is 5.01 Å². The van der Waals surface area contributed by atoms with Gasteiger partial charge in [0.2, 0.25) is 5.13 Å². The van der Waals surface area contributed by atoms with Crippen molar-refractivity contribution in [3.63, 3.8) is 0 Å². The van der Waals surface area contributed by atoms with E-state index >= 15 is 0 Å². The number of carboxylic acid groups (broad SMARTS) is 1. The first-order valence-corrected chi connectivity index (χ1v) is 10.3. The highest BCUT2D eigenvalue weighted by Gasteiger charge is 2.27. The Bertz CT molecular complexity index is 1080. The molecule has 1 saturated carbocycles. The number of rotatable bonds is 6. The van der Waals surface area contributed by atoms with E-state index in [2.05, 4.69) is 5.10 Å². The van der Waals surface area contributed by atoms with Gasteiger partial charge in [-0.15, -0.1) is 11.3 Å². The number of hydrazone groups is 1. The fourth-order valence-corrected chi connectivity index (χ4v) is 4.13. The zero-order valence-corrected chi connectivity index (χ0v) is 16.8. The Kier molecular flexibility index (Phi) is 5.60. The fraction of sp³-hybridized carbons (Fsp3) is 0.190. The molecule has 0 radical (unpaired) electrons. The minimum absolute atomic E-state index is 0.127. The maximum Gasteiger partial charge on any atom is 0.336 e. The lowest BCUT2D eigenvalue weighted by Crippen LogP contribution is -2.36. The molecule has 0 atom stereocenters. The van der Waals surface area contributed by atoms with Crippen molar-refractivity contribution in [3.05, 3.63) is 69.8 Å². The molecule has 5 nitrogen and oxygen atoms in total. The van der Waals surface area contributed by atoms with E-state index in [1.165, 1.54) is 29.7 Å². The Morgan fingerprint density at radius 1 is 1.31 bits per heavy atom. The highest BCUT2D eigenvalue weighted by atomic mass is 35.5. The number of thiazole rings is 1. The number of anilines is 1. The molecule has 0 aliphatic heterocycles. The van der Waals surface area contributed by atoms with E-state index in [9.17, 15) is 14.3 Å². The van der Waals surface area contributed by atoms with Gasteiger partial charge in [-0.25, -0.2) is 19.2 Å². The number of nitrogens with zero attached hydrogens (tertiary/aromatic N) is 3. The second-order valence-electron chi connectivity index (χ2n) is 6.71. The van der Waals surface area contributed by atoms with Gasteiger partial charge in [0.05, 0.1) is 23.5 Å². The molecule has 1 aliphatic carbocycles. The Labute approximate surface area is 176 Å². The molecular weight excluding hydrogens is 413 g/mol. The van der Waals surface area contributed by atoms with Crippen molar-refractivity contribution in [2.45, 2.75) is 25.3 Å². The van der Waals surface area contributed by atoms with Gasteiger partial charge in [0, 0.05) is 21.5 Å². The van der Waals surface area contributed by atoms with E-state index in [1.54, 1.807) is 0 Å². The van der Waals surface area contributed by atoms with Crippen LogP contribution in [0.4, 0.5) is 9.52 Å². The molecule has 0 unspecified atom stereocenters. The van der Waals surface area contributed by atoms with Crippen molar-refractivity contribution in [3.8, 4) is 11.3 Å². The summed E-state index contributed by atoms with van der Waals surface area (Å²) in [6.07, 6.45) is 4.52. The number of hydrogen-bond acceptors (Lipinski definition) is 5. The normalized spacial score (nSPS) is 14.1. The SMILES string of the molecule is O=C(O)c1cc(F)ccc1C=NN(c1nc(-c2ccccc2Cl)cs1)C1CCC1. The summed E-state index contributed by atoms with van der Waals surface area (Å²) in [4.78, 5) is 16.1. The summed E-state index contributed by atoms with van der Waals surface area (Å²) in [5.41, 5.74) is 1.83. The summed E-state index contributed by atoms with van der Waals surface area (Å²) in [5, 5.41) is 18.9. The van der Waals surface area contributed by atoms with Gasteiger partial charge < -0.3 is 5.11 Å². The number of aromatic nitrogens is 1. The van der Waals surface area contributed by atoms with Crippen LogP contribution in [0.2, 0.25) is 5.02 Å². The first-order valence-electron chi connectivity index (χ1n) is 9.09. The number of carbonyl (C=O) groups is 1. The smallest absolute Gasteiger partial charge is 0.336 e. The van der Waals surface area contributed by atoms with E-state index in [0.29, 0.717) is 15.7 Å². The Morgan fingerprint density at radius 2 is 2.10 bits per heavy atom. The number of hydrogen-bond donors (Lipinski definition) is 1. The number of carboxylic acids is 1. The monoisotopic (exact) mass is 429 g/mol. The second-order valence-corrected chi connectivity index (χ2v) is 7.95. The summed E-state index contributed by atoms with van der Waals surface area (Å²) in [6, 6.07) is 11.3. The maximum atomic E-state index is 13.4. The van der Waals surface area contributed by atoms with Gasteiger partial charge in [-0.3, -0.25) is 0 Å². The molecule has 0 saturated heterocycles. The van der Waals surface area contributed by atoms with Gasteiger partial charge in [-0.2, -0.15) is 5.10 Å². The molecule has 0 spiro atoms. The highest BCUT2D eigenvalue weighted by molar-refractivity contribution is 7.14. The molecule has 1 aliphatic rings. The minimum atomic E-state index is -1.20.